The van der Waals surface area contributed by atoms with Gasteiger partial charge in [-0.1, -0.05) is 53.4 Å². The van der Waals surface area contributed by atoms with Crippen LogP contribution in [0.25, 0.3) is 0 Å². The molecule has 0 saturated carbocycles. The molecule has 0 unspecified atom stereocenters. The molecule has 2 rings (SSSR count). The smallest absolute Gasteiger partial charge is 0.253 e. The second-order valence-electron chi connectivity index (χ2n) is 4.61. The van der Waals surface area contributed by atoms with E-state index in [1.165, 1.54) is 0 Å². The number of rotatable bonds is 8. The lowest BCUT2D eigenvalue weighted by atomic mass is 10.1. The van der Waals surface area contributed by atoms with Crippen LogP contribution in [0, 0.1) is 6.92 Å². The predicted octanol–water partition coefficient (Wildman–Crippen LogP) is 2.83. The summed E-state index contributed by atoms with van der Waals surface area (Å²) in [4.78, 5) is 12.1. The van der Waals surface area contributed by atoms with Gasteiger partial charge in [-0.2, -0.15) is 0 Å². The molecule has 118 valence electrons. The fourth-order valence-electron chi connectivity index (χ4n) is 1.90. The first-order chi connectivity index (χ1) is 10.7. The lowest BCUT2D eigenvalue weighted by Gasteiger charge is -2.15. The van der Waals surface area contributed by atoms with Crippen LogP contribution in [0.2, 0.25) is 0 Å². The molecule has 22 heavy (non-hydrogen) atoms. The van der Waals surface area contributed by atoms with E-state index in [0.29, 0.717) is 6.54 Å². The molecule has 0 saturated heterocycles. The van der Waals surface area contributed by atoms with Crippen molar-refractivity contribution in [3.63, 3.8) is 0 Å². The minimum Gasteiger partial charge on any atom is -0.367 e. The van der Waals surface area contributed by atoms with E-state index in [4.69, 9.17) is 4.74 Å². The summed E-state index contributed by atoms with van der Waals surface area (Å²) >= 11 is 3.26. The summed E-state index contributed by atoms with van der Waals surface area (Å²) in [7, 11) is 1.55. The molecule has 0 bridgehead atoms. The molecule has 1 aromatic carbocycles. The van der Waals surface area contributed by atoms with Crippen LogP contribution in [0.3, 0.4) is 0 Å². The van der Waals surface area contributed by atoms with Gasteiger partial charge >= 0.3 is 0 Å². The van der Waals surface area contributed by atoms with Gasteiger partial charge in [0, 0.05) is 19.4 Å². The van der Waals surface area contributed by atoms with Crippen LogP contribution in [0.1, 0.15) is 23.1 Å². The highest BCUT2D eigenvalue weighted by Crippen LogP contribution is 2.22. The van der Waals surface area contributed by atoms with Crippen LogP contribution < -0.4 is 5.32 Å². The van der Waals surface area contributed by atoms with Crippen molar-refractivity contribution in [1.29, 1.82) is 0 Å². The summed E-state index contributed by atoms with van der Waals surface area (Å²) in [6.07, 6.45) is 0.319. The Morgan fingerprint density at radius 3 is 2.77 bits per heavy atom. The van der Waals surface area contributed by atoms with E-state index in [0.717, 1.165) is 27.1 Å². The van der Waals surface area contributed by atoms with Gasteiger partial charge in [-0.25, -0.2) is 0 Å². The van der Waals surface area contributed by atoms with Gasteiger partial charge in [0.1, 0.15) is 5.01 Å². The number of nitrogens with one attached hydrogen (secondary N) is 1. The molecule has 7 heteroatoms. The first-order valence-corrected chi connectivity index (χ1v) is 8.79. The number of nitrogens with zero attached hydrogens (tertiary/aromatic N) is 2. The average molecular weight is 337 g/mol. The summed E-state index contributed by atoms with van der Waals surface area (Å²) < 4.78 is 6.27. The van der Waals surface area contributed by atoms with E-state index >= 15 is 0 Å². The molecule has 1 amide bonds. The molecule has 1 aromatic heterocycles. The normalized spacial score (nSPS) is 12.1. The number of hydrogen-bond donors (Lipinski definition) is 1. The summed E-state index contributed by atoms with van der Waals surface area (Å²) in [6, 6.07) is 9.49. The largest absolute Gasteiger partial charge is 0.367 e. The average Bonchev–Trinajstić information content (AvgIpc) is 2.94. The van der Waals surface area contributed by atoms with Crippen molar-refractivity contribution in [3.8, 4) is 0 Å². The zero-order valence-electron chi connectivity index (χ0n) is 12.6. The van der Waals surface area contributed by atoms with Crippen molar-refractivity contribution in [2.24, 2.45) is 0 Å². The van der Waals surface area contributed by atoms with Gasteiger partial charge in [-0.15, -0.1) is 10.2 Å². The predicted molar refractivity (Wildman–Crippen MR) is 89.2 cm³/mol. The molecular weight excluding hydrogens is 318 g/mol. The number of benzene rings is 1. The minimum atomic E-state index is -0.556. The highest BCUT2D eigenvalue weighted by atomic mass is 32.2. The van der Waals surface area contributed by atoms with E-state index in [-0.39, 0.29) is 5.91 Å². The number of aryl methyl sites for hydroxylation is 1. The maximum Gasteiger partial charge on any atom is 0.253 e. The number of thioether (sulfide) groups is 1. The Kier molecular flexibility index (Phi) is 6.82. The van der Waals surface area contributed by atoms with E-state index in [9.17, 15) is 4.79 Å². The highest BCUT2D eigenvalue weighted by Gasteiger charge is 2.18. The second-order valence-corrected chi connectivity index (χ2v) is 7.13. The molecule has 5 nitrogen and oxygen atoms in total. The number of amides is 1. The van der Waals surface area contributed by atoms with Crippen LogP contribution in [0.5, 0.6) is 0 Å². The Morgan fingerprint density at radius 1 is 1.36 bits per heavy atom. The number of ether oxygens (including phenoxy) is 1. The molecule has 1 atom stereocenters. The Labute approximate surface area is 138 Å². The fraction of sp³-hybridized carbons (Fsp3) is 0.400. The van der Waals surface area contributed by atoms with Gasteiger partial charge in [0.2, 0.25) is 0 Å². The van der Waals surface area contributed by atoms with Gasteiger partial charge in [-0.05, 0) is 18.9 Å². The van der Waals surface area contributed by atoms with Gasteiger partial charge < -0.3 is 10.1 Å². The molecule has 0 aliphatic rings. The fourth-order valence-corrected chi connectivity index (χ4v) is 3.72. The van der Waals surface area contributed by atoms with E-state index in [1.54, 1.807) is 30.2 Å². The first kappa shape index (κ1) is 16.9. The molecule has 0 radical (unpaired) electrons. The van der Waals surface area contributed by atoms with Crippen LogP contribution in [-0.2, 0) is 9.53 Å². The lowest BCUT2D eigenvalue weighted by molar-refractivity contribution is -0.131. The summed E-state index contributed by atoms with van der Waals surface area (Å²) in [5, 5.41) is 11.9. The number of carbonyl (C=O) groups excluding carboxylic acids is 1. The minimum absolute atomic E-state index is 0.106. The zero-order chi connectivity index (χ0) is 15.8. The monoisotopic (exact) mass is 337 g/mol. The Bertz CT molecular complexity index is 589. The van der Waals surface area contributed by atoms with Crippen molar-refractivity contribution in [3.05, 3.63) is 40.9 Å². The summed E-state index contributed by atoms with van der Waals surface area (Å²) in [5.41, 5.74) is 0.862. The molecule has 1 heterocycles. The van der Waals surface area contributed by atoms with Gasteiger partial charge in [0.15, 0.2) is 10.4 Å². The summed E-state index contributed by atoms with van der Waals surface area (Å²) in [6.45, 7) is 2.56. The van der Waals surface area contributed by atoms with Crippen molar-refractivity contribution in [2.45, 2.75) is 23.8 Å². The molecule has 0 aliphatic heterocycles. The highest BCUT2D eigenvalue weighted by molar-refractivity contribution is 8.01. The van der Waals surface area contributed by atoms with E-state index in [2.05, 4.69) is 15.5 Å². The molecule has 0 aliphatic carbocycles. The molecule has 0 fully saturated rings. The molecule has 2 aromatic rings. The van der Waals surface area contributed by atoms with Crippen LogP contribution in [0.4, 0.5) is 0 Å². The maximum atomic E-state index is 12.1. The number of methoxy groups -OCH3 is 1. The van der Waals surface area contributed by atoms with Crippen molar-refractivity contribution < 1.29 is 9.53 Å². The Hall–Kier alpha value is -1.44. The van der Waals surface area contributed by atoms with Crippen LogP contribution >= 0.6 is 23.1 Å². The van der Waals surface area contributed by atoms with Crippen LogP contribution in [-0.4, -0.2) is 35.5 Å². The Morgan fingerprint density at radius 2 is 2.14 bits per heavy atom. The number of hydrogen-bond acceptors (Lipinski definition) is 6. The SMILES string of the molecule is CO[C@H](C(=O)NCCCSc1nnc(C)s1)c1ccccc1. The van der Waals surface area contributed by atoms with E-state index in [1.807, 2.05) is 37.3 Å². The Balaban J connectivity index is 1.70. The molecular formula is C15H19N3O2S2. The topological polar surface area (TPSA) is 64.1 Å². The number of aromatic nitrogens is 2. The van der Waals surface area contributed by atoms with Crippen molar-refractivity contribution in [2.75, 3.05) is 19.4 Å². The van der Waals surface area contributed by atoms with Gasteiger partial charge in [0.05, 0.1) is 0 Å². The first-order valence-electron chi connectivity index (χ1n) is 6.99. The standard InChI is InChI=1S/C15H19N3O2S2/c1-11-17-18-15(22-11)21-10-6-9-16-14(19)13(20-2)12-7-4-3-5-8-12/h3-5,7-8,13H,6,9-10H2,1-2H3,(H,16,19)/t13-/m0/s1. The number of carbonyl (C=O) groups is 1. The van der Waals surface area contributed by atoms with Crippen molar-refractivity contribution >= 4 is 29.0 Å². The quantitative estimate of drug-likeness (QED) is 0.593. The third kappa shape index (κ3) is 5.08. The second kappa shape index (κ2) is 8.87. The summed E-state index contributed by atoms with van der Waals surface area (Å²) in [5.74, 6) is 0.795. The van der Waals surface area contributed by atoms with Crippen LogP contribution in [0.15, 0.2) is 34.7 Å². The van der Waals surface area contributed by atoms with Gasteiger partial charge in [-0.3, -0.25) is 4.79 Å². The molecule has 1 N–H and O–H groups in total. The maximum absolute atomic E-state index is 12.1. The third-order valence-corrected chi connectivity index (χ3v) is 4.99. The van der Waals surface area contributed by atoms with Gasteiger partial charge in [0.25, 0.3) is 5.91 Å². The lowest BCUT2D eigenvalue weighted by Crippen LogP contribution is -2.31. The van der Waals surface area contributed by atoms with E-state index < -0.39 is 6.10 Å². The third-order valence-electron chi connectivity index (χ3n) is 2.93. The zero-order valence-corrected chi connectivity index (χ0v) is 14.2. The molecule has 0 spiro atoms. The van der Waals surface area contributed by atoms with Crippen molar-refractivity contribution in [1.82, 2.24) is 15.5 Å².